The Bertz CT molecular complexity index is 1120. The van der Waals surface area contributed by atoms with Gasteiger partial charge in [-0.25, -0.2) is 8.42 Å². The van der Waals surface area contributed by atoms with Crippen molar-refractivity contribution in [2.45, 2.75) is 4.90 Å². The highest BCUT2D eigenvalue weighted by molar-refractivity contribution is 7.89. The zero-order chi connectivity index (χ0) is 21.1. The zero-order valence-electron chi connectivity index (χ0n) is 16.6. The maximum Gasteiger partial charge on any atom is 0.258 e. The largest absolute Gasteiger partial charge is 0.493 e. The van der Waals surface area contributed by atoms with Gasteiger partial charge >= 0.3 is 0 Å². The number of ether oxygens (including phenoxy) is 3. The Morgan fingerprint density at radius 2 is 1.60 bits per heavy atom. The van der Waals surface area contributed by atoms with Crippen LogP contribution >= 0.6 is 0 Å². The van der Waals surface area contributed by atoms with Crippen LogP contribution in [0.1, 0.15) is 0 Å². The van der Waals surface area contributed by atoms with Crippen LogP contribution in [-0.2, 0) is 14.8 Å². The number of nitrogens with zero attached hydrogens (tertiary/aromatic N) is 3. The highest BCUT2D eigenvalue weighted by Gasteiger charge is 2.26. The lowest BCUT2D eigenvalue weighted by Crippen LogP contribution is -2.40. The van der Waals surface area contributed by atoms with Gasteiger partial charge in [0.15, 0.2) is 11.5 Å². The van der Waals surface area contributed by atoms with Crippen LogP contribution in [0, 0.1) is 0 Å². The number of rotatable bonds is 6. The Kier molecular flexibility index (Phi) is 5.71. The zero-order valence-corrected chi connectivity index (χ0v) is 17.4. The SMILES string of the molecule is COc1ccc(-c2nc(-c3ccc(S(=O)(=O)N4CCOCC4)cc3)no2)cc1OC. The van der Waals surface area contributed by atoms with Gasteiger partial charge in [-0.3, -0.25) is 0 Å². The predicted octanol–water partition coefficient (Wildman–Crippen LogP) is 2.44. The van der Waals surface area contributed by atoms with Crippen molar-refractivity contribution >= 4 is 10.0 Å². The summed E-state index contributed by atoms with van der Waals surface area (Å²) in [6, 6.07) is 11.7. The van der Waals surface area contributed by atoms with Crippen LogP contribution in [0.3, 0.4) is 0 Å². The molecule has 1 aliphatic heterocycles. The second-order valence-electron chi connectivity index (χ2n) is 6.53. The molecule has 158 valence electrons. The van der Waals surface area contributed by atoms with E-state index in [0.717, 1.165) is 0 Å². The third-order valence-electron chi connectivity index (χ3n) is 4.78. The molecule has 1 aliphatic rings. The van der Waals surface area contributed by atoms with E-state index in [-0.39, 0.29) is 4.90 Å². The van der Waals surface area contributed by atoms with Crippen LogP contribution < -0.4 is 9.47 Å². The van der Waals surface area contributed by atoms with Crippen LogP contribution in [-0.4, -0.2) is 63.4 Å². The van der Waals surface area contributed by atoms with E-state index in [1.165, 1.54) is 4.31 Å². The molecule has 3 aromatic rings. The van der Waals surface area contributed by atoms with Crippen molar-refractivity contribution in [3.63, 3.8) is 0 Å². The molecule has 1 saturated heterocycles. The maximum atomic E-state index is 12.7. The lowest BCUT2D eigenvalue weighted by molar-refractivity contribution is 0.0730. The van der Waals surface area contributed by atoms with Gasteiger partial charge in [0.1, 0.15) is 0 Å². The average molecular weight is 431 g/mol. The van der Waals surface area contributed by atoms with Gasteiger partial charge in [0.25, 0.3) is 5.89 Å². The van der Waals surface area contributed by atoms with E-state index < -0.39 is 10.0 Å². The van der Waals surface area contributed by atoms with E-state index >= 15 is 0 Å². The number of benzene rings is 2. The number of hydrogen-bond acceptors (Lipinski definition) is 8. The van der Waals surface area contributed by atoms with Crippen molar-refractivity contribution in [1.82, 2.24) is 14.4 Å². The van der Waals surface area contributed by atoms with Crippen molar-refractivity contribution < 1.29 is 27.2 Å². The van der Waals surface area contributed by atoms with Crippen molar-refractivity contribution in [3.8, 4) is 34.3 Å². The highest BCUT2D eigenvalue weighted by atomic mass is 32.2. The molecule has 2 heterocycles. The first-order chi connectivity index (χ1) is 14.5. The molecule has 0 N–H and O–H groups in total. The molecule has 0 aliphatic carbocycles. The summed E-state index contributed by atoms with van der Waals surface area (Å²) in [4.78, 5) is 4.63. The molecule has 1 fully saturated rings. The fourth-order valence-corrected chi connectivity index (χ4v) is 4.55. The van der Waals surface area contributed by atoms with Crippen LogP contribution in [0.4, 0.5) is 0 Å². The molecule has 0 spiro atoms. The molecule has 0 unspecified atom stereocenters. The van der Waals surface area contributed by atoms with Gasteiger partial charge in [0.2, 0.25) is 15.8 Å². The van der Waals surface area contributed by atoms with E-state index in [2.05, 4.69) is 10.1 Å². The number of morpholine rings is 1. The molecule has 0 radical (unpaired) electrons. The Hall–Kier alpha value is -2.95. The van der Waals surface area contributed by atoms with Gasteiger partial charge < -0.3 is 18.7 Å². The first kappa shape index (κ1) is 20.3. The van der Waals surface area contributed by atoms with Crippen LogP contribution in [0.15, 0.2) is 51.9 Å². The van der Waals surface area contributed by atoms with Crippen LogP contribution in [0.2, 0.25) is 0 Å². The molecule has 30 heavy (non-hydrogen) atoms. The normalized spacial score (nSPS) is 15.1. The molecule has 0 atom stereocenters. The first-order valence-electron chi connectivity index (χ1n) is 9.27. The van der Waals surface area contributed by atoms with Gasteiger partial charge in [-0.2, -0.15) is 9.29 Å². The van der Waals surface area contributed by atoms with Crippen molar-refractivity contribution in [2.75, 3.05) is 40.5 Å². The summed E-state index contributed by atoms with van der Waals surface area (Å²) < 4.78 is 48.0. The molecule has 9 nitrogen and oxygen atoms in total. The second-order valence-corrected chi connectivity index (χ2v) is 8.47. The molecule has 2 aromatic carbocycles. The van der Waals surface area contributed by atoms with Crippen molar-refractivity contribution in [1.29, 1.82) is 0 Å². The third-order valence-corrected chi connectivity index (χ3v) is 6.69. The molecule has 0 saturated carbocycles. The van der Waals surface area contributed by atoms with Gasteiger partial charge in [0, 0.05) is 24.2 Å². The molecular weight excluding hydrogens is 410 g/mol. The Labute approximate surface area is 174 Å². The monoisotopic (exact) mass is 431 g/mol. The number of hydrogen-bond donors (Lipinski definition) is 0. The van der Waals surface area contributed by atoms with E-state index in [0.29, 0.717) is 60.6 Å². The molecule has 10 heteroatoms. The minimum Gasteiger partial charge on any atom is -0.493 e. The van der Waals surface area contributed by atoms with E-state index in [1.54, 1.807) is 56.7 Å². The summed E-state index contributed by atoms with van der Waals surface area (Å²) >= 11 is 0. The Morgan fingerprint density at radius 1 is 0.933 bits per heavy atom. The Morgan fingerprint density at radius 3 is 2.27 bits per heavy atom. The van der Waals surface area contributed by atoms with Crippen LogP contribution in [0.5, 0.6) is 11.5 Å². The molecule has 0 bridgehead atoms. The minimum absolute atomic E-state index is 0.219. The van der Waals surface area contributed by atoms with E-state index in [4.69, 9.17) is 18.7 Å². The molecular formula is C20H21N3O6S. The Balaban J connectivity index is 1.57. The lowest BCUT2D eigenvalue weighted by atomic mass is 10.2. The van der Waals surface area contributed by atoms with Crippen LogP contribution in [0.25, 0.3) is 22.8 Å². The quantitative estimate of drug-likeness (QED) is 0.586. The molecule has 4 rings (SSSR count). The van der Waals surface area contributed by atoms with Gasteiger partial charge in [-0.05, 0) is 42.5 Å². The topological polar surface area (TPSA) is 104 Å². The average Bonchev–Trinajstić information content (AvgIpc) is 3.29. The summed E-state index contributed by atoms with van der Waals surface area (Å²) in [7, 11) is -0.440. The predicted molar refractivity (Wildman–Crippen MR) is 108 cm³/mol. The molecule has 1 aromatic heterocycles. The fourth-order valence-electron chi connectivity index (χ4n) is 3.14. The van der Waals surface area contributed by atoms with E-state index in [1.807, 2.05) is 0 Å². The van der Waals surface area contributed by atoms with Crippen molar-refractivity contribution in [3.05, 3.63) is 42.5 Å². The maximum absolute atomic E-state index is 12.7. The standard InChI is InChI=1S/C20H21N3O6S/c1-26-17-8-5-15(13-18(17)27-2)20-21-19(22-29-20)14-3-6-16(7-4-14)30(24,25)23-9-11-28-12-10-23/h3-8,13H,9-12H2,1-2H3. The molecule has 0 amide bonds. The summed E-state index contributed by atoms with van der Waals surface area (Å²) in [6.45, 7) is 1.51. The first-order valence-corrected chi connectivity index (χ1v) is 10.7. The highest BCUT2D eigenvalue weighted by Crippen LogP contribution is 2.32. The summed E-state index contributed by atoms with van der Waals surface area (Å²) in [5, 5.41) is 4.01. The van der Waals surface area contributed by atoms with Crippen molar-refractivity contribution in [2.24, 2.45) is 0 Å². The fraction of sp³-hybridized carbons (Fsp3) is 0.300. The number of aromatic nitrogens is 2. The summed E-state index contributed by atoms with van der Waals surface area (Å²) in [5.41, 5.74) is 1.32. The smallest absolute Gasteiger partial charge is 0.258 e. The lowest BCUT2D eigenvalue weighted by Gasteiger charge is -2.26. The van der Waals surface area contributed by atoms with E-state index in [9.17, 15) is 8.42 Å². The third kappa shape index (κ3) is 3.89. The van der Waals surface area contributed by atoms with Gasteiger partial charge in [0.05, 0.1) is 32.3 Å². The second kappa shape index (κ2) is 8.42. The summed E-state index contributed by atoms with van der Waals surface area (Å²) in [6.07, 6.45) is 0. The van der Waals surface area contributed by atoms with Gasteiger partial charge in [-0.1, -0.05) is 5.16 Å². The number of sulfonamides is 1. The minimum atomic E-state index is -3.55. The number of methoxy groups -OCH3 is 2. The summed E-state index contributed by atoms with van der Waals surface area (Å²) in [5.74, 6) is 1.82. The van der Waals surface area contributed by atoms with Gasteiger partial charge in [-0.15, -0.1) is 0 Å².